The lowest BCUT2D eigenvalue weighted by Crippen LogP contribution is -2.16. The van der Waals surface area contributed by atoms with Crippen molar-refractivity contribution in [1.29, 1.82) is 0 Å². The summed E-state index contributed by atoms with van der Waals surface area (Å²) in [6.07, 6.45) is 2.77. The Labute approximate surface area is 122 Å². The highest BCUT2D eigenvalue weighted by molar-refractivity contribution is 9.10. The Morgan fingerprint density at radius 3 is 2.74 bits per heavy atom. The number of nitrogens with one attached hydrogen (secondary N) is 2. The van der Waals surface area contributed by atoms with Crippen molar-refractivity contribution >= 4 is 15.9 Å². The number of halogens is 1. The van der Waals surface area contributed by atoms with Crippen molar-refractivity contribution in [3.05, 3.63) is 40.3 Å². The van der Waals surface area contributed by atoms with Crippen molar-refractivity contribution in [1.82, 2.24) is 15.3 Å². The Hall–Kier alpha value is -1.13. The van der Waals surface area contributed by atoms with E-state index in [9.17, 15) is 0 Å². The second kappa shape index (κ2) is 5.47. The summed E-state index contributed by atoms with van der Waals surface area (Å²) in [6, 6.07) is 8.28. The number of hydrogen-bond donors (Lipinski definition) is 2. The van der Waals surface area contributed by atoms with Crippen molar-refractivity contribution < 1.29 is 0 Å². The van der Waals surface area contributed by atoms with Gasteiger partial charge >= 0.3 is 0 Å². The van der Waals surface area contributed by atoms with Crippen LogP contribution in [0.4, 0.5) is 0 Å². The Morgan fingerprint density at radius 2 is 2.05 bits per heavy atom. The molecule has 1 aromatic carbocycles. The minimum Gasteiger partial charge on any atom is -0.344 e. The van der Waals surface area contributed by atoms with E-state index < -0.39 is 0 Å². The number of rotatable bonds is 5. The van der Waals surface area contributed by atoms with Gasteiger partial charge in [0.2, 0.25) is 0 Å². The molecule has 1 aliphatic carbocycles. The minimum absolute atomic E-state index is 0.827. The number of imidazole rings is 1. The molecule has 0 atom stereocenters. The maximum Gasteiger partial charge on any atom is 0.121 e. The maximum atomic E-state index is 4.69. The number of aromatic nitrogens is 2. The van der Waals surface area contributed by atoms with Gasteiger partial charge in [-0.2, -0.15) is 0 Å². The summed E-state index contributed by atoms with van der Waals surface area (Å²) in [7, 11) is 0. The quantitative estimate of drug-likeness (QED) is 0.883. The Balaban J connectivity index is 1.70. The van der Waals surface area contributed by atoms with E-state index in [1.807, 2.05) is 0 Å². The van der Waals surface area contributed by atoms with Gasteiger partial charge in [0.1, 0.15) is 5.82 Å². The molecular formula is C15H18BrN3. The fraction of sp³-hybridized carbons (Fsp3) is 0.400. The molecule has 4 heteroatoms. The van der Waals surface area contributed by atoms with E-state index in [4.69, 9.17) is 4.98 Å². The Morgan fingerprint density at radius 1 is 1.32 bits per heavy atom. The highest BCUT2D eigenvalue weighted by atomic mass is 79.9. The number of aromatic amines is 1. The van der Waals surface area contributed by atoms with Gasteiger partial charge in [0, 0.05) is 15.7 Å². The highest BCUT2D eigenvalue weighted by Crippen LogP contribution is 2.27. The first kappa shape index (κ1) is 12.9. The summed E-state index contributed by atoms with van der Waals surface area (Å²) in [6.45, 7) is 4.02. The van der Waals surface area contributed by atoms with Gasteiger partial charge < -0.3 is 10.3 Å². The number of benzene rings is 1. The molecule has 2 aromatic rings. The van der Waals surface area contributed by atoms with Crippen molar-refractivity contribution in [2.24, 2.45) is 5.92 Å². The van der Waals surface area contributed by atoms with Gasteiger partial charge in [-0.15, -0.1) is 0 Å². The molecule has 0 radical (unpaired) electrons. The normalized spacial score (nSPS) is 14.8. The zero-order valence-corrected chi connectivity index (χ0v) is 12.6. The average Bonchev–Trinajstić information content (AvgIpc) is 3.14. The van der Waals surface area contributed by atoms with Crippen LogP contribution < -0.4 is 5.32 Å². The Kier molecular flexibility index (Phi) is 3.71. The molecule has 3 rings (SSSR count). The fourth-order valence-electron chi connectivity index (χ4n) is 2.21. The van der Waals surface area contributed by atoms with Crippen LogP contribution in [0.15, 0.2) is 28.7 Å². The number of nitrogens with zero attached hydrogens (tertiary/aromatic N) is 1. The molecule has 1 aromatic heterocycles. The molecule has 0 saturated heterocycles. The van der Waals surface area contributed by atoms with Crippen molar-refractivity contribution in [2.75, 3.05) is 6.54 Å². The first-order valence-corrected chi connectivity index (χ1v) is 7.54. The van der Waals surface area contributed by atoms with Crippen LogP contribution in [0.2, 0.25) is 0 Å². The second-order valence-corrected chi connectivity index (χ2v) is 6.15. The average molecular weight is 320 g/mol. The number of aryl methyl sites for hydroxylation is 1. The highest BCUT2D eigenvalue weighted by Gasteiger charge is 2.20. The van der Waals surface area contributed by atoms with Gasteiger partial charge in [-0.3, -0.25) is 0 Å². The van der Waals surface area contributed by atoms with Crippen LogP contribution in [0.25, 0.3) is 11.3 Å². The smallest absolute Gasteiger partial charge is 0.121 e. The summed E-state index contributed by atoms with van der Waals surface area (Å²) in [4.78, 5) is 8.06. The van der Waals surface area contributed by atoms with Crippen molar-refractivity contribution in [3.8, 4) is 11.3 Å². The molecular weight excluding hydrogens is 302 g/mol. The minimum atomic E-state index is 0.827. The third-order valence-electron chi connectivity index (χ3n) is 3.47. The van der Waals surface area contributed by atoms with E-state index in [1.165, 1.54) is 12.8 Å². The van der Waals surface area contributed by atoms with Crippen molar-refractivity contribution in [2.45, 2.75) is 26.3 Å². The van der Waals surface area contributed by atoms with Gasteiger partial charge in [0.25, 0.3) is 0 Å². The summed E-state index contributed by atoms with van der Waals surface area (Å²) < 4.78 is 1.09. The van der Waals surface area contributed by atoms with Crippen LogP contribution in [0.5, 0.6) is 0 Å². The Bertz CT molecular complexity index is 555. The van der Waals surface area contributed by atoms with Crippen LogP contribution in [0, 0.1) is 12.8 Å². The predicted molar refractivity (Wildman–Crippen MR) is 80.9 cm³/mol. The molecule has 1 saturated carbocycles. The molecule has 0 amide bonds. The van der Waals surface area contributed by atoms with E-state index in [-0.39, 0.29) is 0 Å². The van der Waals surface area contributed by atoms with Gasteiger partial charge in [0.05, 0.1) is 12.2 Å². The van der Waals surface area contributed by atoms with Crippen LogP contribution in [0.1, 0.15) is 24.4 Å². The molecule has 1 heterocycles. The third-order valence-corrected chi connectivity index (χ3v) is 4.00. The molecule has 1 fully saturated rings. The van der Waals surface area contributed by atoms with Crippen molar-refractivity contribution in [3.63, 3.8) is 0 Å². The predicted octanol–water partition coefficient (Wildman–Crippen LogP) is 3.65. The number of hydrogen-bond acceptors (Lipinski definition) is 2. The monoisotopic (exact) mass is 319 g/mol. The molecule has 0 unspecified atom stereocenters. The molecule has 0 spiro atoms. The summed E-state index contributed by atoms with van der Waals surface area (Å²) in [5, 5.41) is 3.46. The molecule has 0 bridgehead atoms. The van der Waals surface area contributed by atoms with E-state index in [0.29, 0.717) is 0 Å². The van der Waals surface area contributed by atoms with Crippen LogP contribution >= 0.6 is 15.9 Å². The lowest BCUT2D eigenvalue weighted by molar-refractivity contribution is 0.623. The molecule has 2 N–H and O–H groups in total. The number of H-pyrrole nitrogens is 1. The van der Waals surface area contributed by atoms with E-state index in [1.54, 1.807) is 0 Å². The van der Waals surface area contributed by atoms with E-state index in [2.05, 4.69) is 57.4 Å². The SMILES string of the molecule is Cc1[nH]c(CNCC2CC2)nc1-c1ccc(Br)cc1. The van der Waals surface area contributed by atoms with Gasteiger partial charge in [-0.25, -0.2) is 4.98 Å². The molecule has 0 aliphatic heterocycles. The first-order valence-electron chi connectivity index (χ1n) is 6.74. The zero-order chi connectivity index (χ0) is 13.2. The van der Waals surface area contributed by atoms with Gasteiger partial charge in [-0.05, 0) is 44.4 Å². The summed E-state index contributed by atoms with van der Waals surface area (Å²) in [5.74, 6) is 1.93. The fourth-order valence-corrected chi connectivity index (χ4v) is 2.48. The molecule has 100 valence electrons. The summed E-state index contributed by atoms with van der Waals surface area (Å²) in [5.41, 5.74) is 3.34. The maximum absolute atomic E-state index is 4.69. The first-order chi connectivity index (χ1) is 9.22. The second-order valence-electron chi connectivity index (χ2n) is 5.24. The van der Waals surface area contributed by atoms with Crippen LogP contribution in [-0.2, 0) is 6.54 Å². The molecule has 19 heavy (non-hydrogen) atoms. The summed E-state index contributed by atoms with van der Waals surface area (Å²) >= 11 is 3.46. The molecule has 3 nitrogen and oxygen atoms in total. The zero-order valence-electron chi connectivity index (χ0n) is 11.0. The standard InChI is InChI=1S/C15H18BrN3/c1-10-15(12-4-6-13(16)7-5-12)19-14(18-10)9-17-8-11-2-3-11/h4-7,11,17H,2-3,8-9H2,1H3,(H,18,19). The van der Waals surface area contributed by atoms with E-state index in [0.717, 1.165) is 46.3 Å². The van der Waals surface area contributed by atoms with Crippen LogP contribution in [-0.4, -0.2) is 16.5 Å². The van der Waals surface area contributed by atoms with Gasteiger partial charge in [-0.1, -0.05) is 28.1 Å². The van der Waals surface area contributed by atoms with Crippen LogP contribution in [0.3, 0.4) is 0 Å². The lowest BCUT2D eigenvalue weighted by atomic mass is 10.1. The largest absolute Gasteiger partial charge is 0.344 e. The lowest BCUT2D eigenvalue weighted by Gasteiger charge is -1.99. The topological polar surface area (TPSA) is 40.7 Å². The third kappa shape index (κ3) is 3.25. The van der Waals surface area contributed by atoms with E-state index >= 15 is 0 Å². The molecule has 1 aliphatic rings. The van der Waals surface area contributed by atoms with Gasteiger partial charge in [0.15, 0.2) is 0 Å².